The summed E-state index contributed by atoms with van der Waals surface area (Å²) in [5.41, 5.74) is 9.29. The number of esters is 2. The van der Waals surface area contributed by atoms with E-state index < -0.39 is 0 Å². The van der Waals surface area contributed by atoms with Gasteiger partial charge in [-0.1, -0.05) is 91.4 Å². The zero-order valence-electron chi connectivity index (χ0n) is 36.1. The van der Waals surface area contributed by atoms with Crippen molar-refractivity contribution in [3.05, 3.63) is 148 Å². The van der Waals surface area contributed by atoms with Crippen LogP contribution in [0.25, 0.3) is 16.0 Å². The summed E-state index contributed by atoms with van der Waals surface area (Å²) < 4.78 is 11.8. The van der Waals surface area contributed by atoms with Gasteiger partial charge in [0, 0.05) is 47.6 Å². The molecule has 1 saturated heterocycles. The third kappa shape index (κ3) is 12.6. The fourth-order valence-corrected chi connectivity index (χ4v) is 10.7. The third-order valence-electron chi connectivity index (χ3n) is 12.6. The Bertz CT molecular complexity index is 2210. The number of carbonyl (C=O) groups is 2. The van der Waals surface area contributed by atoms with Crippen LogP contribution in [0.15, 0.2) is 126 Å². The summed E-state index contributed by atoms with van der Waals surface area (Å²) in [5.74, 6) is 0.853. The molecule has 0 unspecified atom stereocenters. The molecule has 8 rings (SSSR count). The van der Waals surface area contributed by atoms with Crippen molar-refractivity contribution in [3.63, 3.8) is 0 Å². The second-order valence-electron chi connectivity index (χ2n) is 17.4. The minimum absolute atomic E-state index is 0.221. The molecule has 62 heavy (non-hydrogen) atoms. The van der Waals surface area contributed by atoms with Crippen LogP contribution in [-0.4, -0.2) is 48.3 Å². The van der Waals surface area contributed by atoms with Crippen molar-refractivity contribution >= 4 is 40.6 Å². The molecule has 1 aromatic heterocycles. The number of unbranched alkanes of at least 4 members (excludes halogenated alkanes) is 4. The molecule has 0 amide bonds. The number of nitrogens with zero attached hydrogens (tertiary/aromatic N) is 1. The maximum atomic E-state index is 13.0. The third-order valence-corrected chi connectivity index (χ3v) is 14.7. The lowest BCUT2D eigenvalue weighted by atomic mass is 9.80. The number of hydrogen-bond acceptors (Lipinski definition) is 8. The molecule has 1 saturated carbocycles. The predicted octanol–water partition coefficient (Wildman–Crippen LogP) is 12.3. The highest BCUT2D eigenvalue weighted by Gasteiger charge is 2.40. The first-order chi connectivity index (χ1) is 30.5. The zero-order chi connectivity index (χ0) is 42.4. The van der Waals surface area contributed by atoms with Gasteiger partial charge < -0.3 is 14.8 Å². The number of likely N-dealkylation sites (tertiary alicyclic amines) is 1. The van der Waals surface area contributed by atoms with E-state index in [2.05, 4.69) is 131 Å². The van der Waals surface area contributed by atoms with Crippen molar-refractivity contribution in [2.24, 2.45) is 11.8 Å². The van der Waals surface area contributed by atoms with Crippen LogP contribution in [-0.2, 0) is 40.3 Å². The summed E-state index contributed by atoms with van der Waals surface area (Å²) in [7, 11) is 0. The Labute approximate surface area is 377 Å². The van der Waals surface area contributed by atoms with Gasteiger partial charge in [0.05, 0.1) is 18.4 Å². The summed E-state index contributed by atoms with van der Waals surface area (Å²) in [5, 5.41) is 5.73. The van der Waals surface area contributed by atoms with Gasteiger partial charge in [-0.2, -0.15) is 0 Å². The van der Waals surface area contributed by atoms with Crippen LogP contribution in [0.3, 0.4) is 0 Å². The lowest BCUT2D eigenvalue weighted by Gasteiger charge is -2.38. The predicted molar refractivity (Wildman–Crippen MR) is 255 cm³/mol. The zero-order valence-corrected chi connectivity index (χ0v) is 37.7. The van der Waals surface area contributed by atoms with E-state index >= 15 is 0 Å². The fourth-order valence-electron chi connectivity index (χ4n) is 8.89. The number of carbonyl (C=O) groups excluding carboxylic acids is 2. The first-order valence-electron chi connectivity index (χ1n) is 23.1. The first kappa shape index (κ1) is 44.1. The highest BCUT2D eigenvalue weighted by Crippen LogP contribution is 2.38. The Morgan fingerprint density at radius 1 is 0.710 bits per heavy atom. The van der Waals surface area contributed by atoms with E-state index in [9.17, 15) is 9.59 Å². The largest absolute Gasteiger partial charge is 0.493 e. The number of aryl methyl sites for hydroxylation is 2. The quantitative estimate of drug-likeness (QED) is 0.0304. The van der Waals surface area contributed by atoms with Gasteiger partial charge in [0.25, 0.3) is 0 Å². The molecule has 2 heterocycles. The van der Waals surface area contributed by atoms with Gasteiger partial charge in [-0.05, 0) is 152 Å². The second kappa shape index (κ2) is 22.8. The summed E-state index contributed by atoms with van der Waals surface area (Å²) in [6.45, 7) is 3.47. The van der Waals surface area contributed by atoms with Crippen molar-refractivity contribution in [1.82, 2.24) is 10.2 Å². The average molecular weight is 867 g/mol. The monoisotopic (exact) mass is 866 g/mol. The van der Waals surface area contributed by atoms with Crippen molar-refractivity contribution in [2.45, 2.75) is 107 Å². The number of rotatable bonds is 23. The molecule has 0 atom stereocenters. The molecule has 3 aliphatic rings. The average Bonchev–Trinajstić information content (AvgIpc) is 4.01. The summed E-state index contributed by atoms with van der Waals surface area (Å²) in [6.07, 6.45) is 16.6. The summed E-state index contributed by atoms with van der Waals surface area (Å²) in [4.78, 5) is 30.8. The van der Waals surface area contributed by atoms with Crippen LogP contribution in [0.2, 0.25) is 0 Å². The second-order valence-corrected chi connectivity index (χ2v) is 19.5. The van der Waals surface area contributed by atoms with Crippen LogP contribution in [0.1, 0.15) is 98.4 Å². The van der Waals surface area contributed by atoms with Gasteiger partial charge in [0.15, 0.2) is 0 Å². The van der Waals surface area contributed by atoms with Crippen molar-refractivity contribution in [3.8, 4) is 16.2 Å². The van der Waals surface area contributed by atoms with E-state index in [1.54, 1.807) is 11.3 Å². The molecule has 5 aromatic rings. The number of allylic oxidation sites excluding steroid dienone is 2. The minimum atomic E-state index is -0.370. The van der Waals surface area contributed by atoms with Crippen LogP contribution in [0.5, 0.6) is 5.75 Å². The van der Waals surface area contributed by atoms with Gasteiger partial charge in [-0.15, -0.1) is 23.1 Å². The normalized spacial score (nSPS) is 17.6. The molecule has 324 valence electrons. The van der Waals surface area contributed by atoms with Gasteiger partial charge in [-0.3, -0.25) is 14.5 Å². The van der Waals surface area contributed by atoms with Crippen LogP contribution >= 0.6 is 23.1 Å². The van der Waals surface area contributed by atoms with Crippen LogP contribution in [0, 0.1) is 11.8 Å². The molecule has 0 radical (unpaired) electrons. The highest BCUT2D eigenvalue weighted by atomic mass is 32.2. The topological polar surface area (TPSA) is 67.9 Å². The van der Waals surface area contributed by atoms with Gasteiger partial charge >= 0.3 is 11.9 Å². The molecule has 0 bridgehead atoms. The molecule has 6 nitrogen and oxygen atoms in total. The Hall–Kier alpha value is -4.47. The molecule has 8 heteroatoms. The SMILES string of the molecule is O=C(OC(=O)C1CN(Cc2ccc(SCCCCCc3ccccc3)c(C3=CCCC3)c2)C1)C1CC(NCc2ccc(OCCCCCc3ccccc3)c(-c3cccs3)c2)C1. The summed E-state index contributed by atoms with van der Waals surface area (Å²) >= 11 is 3.72. The van der Waals surface area contributed by atoms with Crippen molar-refractivity contribution < 1.29 is 19.1 Å². The number of benzene rings is 4. The Kier molecular flexibility index (Phi) is 16.2. The number of thioether (sulfide) groups is 1. The van der Waals surface area contributed by atoms with E-state index in [-0.39, 0.29) is 29.8 Å². The van der Waals surface area contributed by atoms with Gasteiger partial charge in [0.2, 0.25) is 0 Å². The van der Waals surface area contributed by atoms with Gasteiger partial charge in [-0.25, -0.2) is 0 Å². The van der Waals surface area contributed by atoms with E-state index in [0.717, 1.165) is 68.6 Å². The lowest BCUT2D eigenvalue weighted by molar-refractivity contribution is -0.171. The Morgan fingerprint density at radius 2 is 1.42 bits per heavy atom. The Balaban J connectivity index is 0.726. The van der Waals surface area contributed by atoms with Crippen molar-refractivity contribution in [2.75, 3.05) is 25.4 Å². The molecular formula is C54H62N2O4S2. The maximum Gasteiger partial charge on any atom is 0.319 e. The van der Waals surface area contributed by atoms with E-state index in [1.165, 1.54) is 68.8 Å². The fraction of sp³-hybridized carbons (Fsp3) is 0.407. The van der Waals surface area contributed by atoms with E-state index in [4.69, 9.17) is 9.47 Å². The number of nitrogens with one attached hydrogen (secondary N) is 1. The maximum absolute atomic E-state index is 13.0. The molecule has 2 fully saturated rings. The molecule has 4 aromatic carbocycles. The highest BCUT2D eigenvalue weighted by molar-refractivity contribution is 7.99. The van der Waals surface area contributed by atoms with Crippen LogP contribution < -0.4 is 10.1 Å². The number of ether oxygens (including phenoxy) is 2. The molecule has 0 spiro atoms. The smallest absolute Gasteiger partial charge is 0.319 e. The number of hydrogen-bond donors (Lipinski definition) is 1. The molecule has 1 N–H and O–H groups in total. The van der Waals surface area contributed by atoms with Gasteiger partial charge in [0.1, 0.15) is 5.75 Å². The van der Waals surface area contributed by atoms with E-state index in [1.807, 2.05) is 11.8 Å². The Morgan fingerprint density at radius 3 is 2.13 bits per heavy atom. The first-order valence-corrected chi connectivity index (χ1v) is 24.9. The minimum Gasteiger partial charge on any atom is -0.493 e. The molecular weight excluding hydrogens is 805 g/mol. The lowest BCUT2D eigenvalue weighted by Crippen LogP contribution is -2.51. The van der Waals surface area contributed by atoms with Crippen molar-refractivity contribution in [1.29, 1.82) is 0 Å². The van der Waals surface area contributed by atoms with E-state index in [0.29, 0.717) is 39.1 Å². The summed E-state index contributed by atoms with van der Waals surface area (Å²) in [6, 6.07) is 39.3. The standard InChI is InChI=1S/C54H62N2O4S2/c57-53(45-34-47(35-45)55-36-42-25-27-50(49(32-42)51-24-15-31-62-51)59-29-13-3-9-20-40-16-5-1-6-17-40)60-54(58)46-38-56(39-46)37-43-26-28-52(48(33-43)44-22-11-12-23-44)61-30-14-4-10-21-41-18-7-2-8-19-41/h1-2,5-8,15-19,22,24-28,31-33,45-47,55H,3-4,9-14,20-21,23,29-30,34-39H2. The molecule has 2 aliphatic carbocycles. The van der Waals surface area contributed by atoms with Crippen LogP contribution in [0.4, 0.5) is 0 Å². The number of thiophene rings is 1. The molecule has 1 aliphatic heterocycles.